The van der Waals surface area contributed by atoms with Gasteiger partial charge in [0.05, 0.1) is 0 Å². The second kappa shape index (κ2) is 2.92. The Hall–Kier alpha value is -0.700. The number of nitrogens with two attached hydrogens (primary N) is 1. The molecule has 1 aromatic carbocycles. The summed E-state index contributed by atoms with van der Waals surface area (Å²) in [7, 11) is 0. The van der Waals surface area contributed by atoms with Gasteiger partial charge in [0, 0.05) is 11.4 Å². The van der Waals surface area contributed by atoms with Gasteiger partial charge in [0.15, 0.2) is 0 Å². The third-order valence-corrected chi connectivity index (χ3v) is 1.59. The molecule has 0 saturated carbocycles. The molecule has 0 amide bonds. The molecule has 0 aliphatic rings. The summed E-state index contributed by atoms with van der Waals surface area (Å²) < 4.78 is 12.7. The van der Waals surface area contributed by atoms with Crippen LogP contribution in [0.25, 0.3) is 0 Å². The van der Waals surface area contributed by atoms with Crippen molar-refractivity contribution >= 4 is 18.3 Å². The molecule has 0 bridgehead atoms. The molecule has 1 nitrogen and oxygen atoms in total. The lowest BCUT2D eigenvalue weighted by Gasteiger charge is -1.98. The molecule has 1 rings (SSSR count). The summed E-state index contributed by atoms with van der Waals surface area (Å²) >= 11 is 3.93. The van der Waals surface area contributed by atoms with Crippen LogP contribution in [0.2, 0.25) is 0 Å². The molecule has 0 fully saturated rings. The second-order valence-corrected chi connectivity index (χ2v) is 2.33. The third kappa shape index (κ3) is 1.42. The molecular weight excluding hydrogens is 149 g/mol. The van der Waals surface area contributed by atoms with Crippen molar-refractivity contribution in [2.45, 2.75) is 5.75 Å². The summed E-state index contributed by atoms with van der Waals surface area (Å²) in [6.07, 6.45) is 0. The van der Waals surface area contributed by atoms with Gasteiger partial charge in [-0.05, 0) is 17.7 Å². The van der Waals surface area contributed by atoms with Crippen LogP contribution >= 0.6 is 12.6 Å². The largest absolute Gasteiger partial charge is 0.399 e. The lowest BCUT2D eigenvalue weighted by molar-refractivity contribution is 0.618. The lowest BCUT2D eigenvalue weighted by Crippen LogP contribution is -1.89. The first-order valence-electron chi connectivity index (χ1n) is 2.89. The Bertz CT molecular complexity index is 237. The summed E-state index contributed by atoms with van der Waals surface area (Å²) in [5, 5.41) is 0. The van der Waals surface area contributed by atoms with Gasteiger partial charge in [0.1, 0.15) is 5.82 Å². The standard InChI is InChI=1S/C7H8FNS/c8-7-3-6(9)2-1-5(7)4-10/h1-3,10H,4,9H2. The summed E-state index contributed by atoms with van der Waals surface area (Å²) in [4.78, 5) is 0. The van der Waals surface area contributed by atoms with Crippen LogP contribution in [-0.4, -0.2) is 0 Å². The second-order valence-electron chi connectivity index (χ2n) is 2.01. The first-order chi connectivity index (χ1) is 4.74. The zero-order valence-electron chi connectivity index (χ0n) is 5.34. The van der Waals surface area contributed by atoms with E-state index < -0.39 is 0 Å². The molecule has 0 aliphatic heterocycles. The Morgan fingerprint density at radius 2 is 2.20 bits per heavy atom. The summed E-state index contributed by atoms with van der Waals surface area (Å²) in [5.41, 5.74) is 6.35. The molecule has 0 radical (unpaired) electrons. The molecule has 0 unspecified atom stereocenters. The normalized spacial score (nSPS) is 9.80. The van der Waals surface area contributed by atoms with Gasteiger partial charge in [-0.1, -0.05) is 6.07 Å². The van der Waals surface area contributed by atoms with Gasteiger partial charge in [-0.25, -0.2) is 4.39 Å². The number of thiol groups is 1. The van der Waals surface area contributed by atoms with E-state index in [1.165, 1.54) is 6.07 Å². The fourth-order valence-electron chi connectivity index (χ4n) is 0.692. The monoisotopic (exact) mass is 157 g/mol. The molecule has 0 heterocycles. The maximum atomic E-state index is 12.7. The van der Waals surface area contributed by atoms with E-state index in [0.29, 0.717) is 17.0 Å². The van der Waals surface area contributed by atoms with E-state index in [2.05, 4.69) is 12.6 Å². The van der Waals surface area contributed by atoms with Crippen molar-refractivity contribution in [1.29, 1.82) is 0 Å². The maximum absolute atomic E-state index is 12.7. The molecule has 54 valence electrons. The highest BCUT2D eigenvalue weighted by Crippen LogP contribution is 2.12. The number of hydrogen-bond acceptors (Lipinski definition) is 2. The van der Waals surface area contributed by atoms with Gasteiger partial charge >= 0.3 is 0 Å². The molecule has 1 aromatic rings. The summed E-state index contributed by atoms with van der Waals surface area (Å²) in [6.45, 7) is 0. The molecule has 0 saturated heterocycles. The molecule has 0 spiro atoms. The summed E-state index contributed by atoms with van der Waals surface area (Å²) in [6, 6.07) is 4.60. The van der Waals surface area contributed by atoms with Gasteiger partial charge in [-0.2, -0.15) is 12.6 Å². The zero-order valence-corrected chi connectivity index (χ0v) is 6.24. The average Bonchev–Trinajstić information content (AvgIpc) is 1.88. The minimum Gasteiger partial charge on any atom is -0.399 e. The van der Waals surface area contributed by atoms with Crippen molar-refractivity contribution in [3.8, 4) is 0 Å². The van der Waals surface area contributed by atoms with Crippen molar-refractivity contribution in [3.05, 3.63) is 29.6 Å². The van der Waals surface area contributed by atoms with Gasteiger partial charge in [-0.15, -0.1) is 0 Å². The predicted octanol–water partition coefficient (Wildman–Crippen LogP) is 1.84. The Morgan fingerprint density at radius 1 is 1.50 bits per heavy atom. The first-order valence-corrected chi connectivity index (χ1v) is 3.52. The topological polar surface area (TPSA) is 26.0 Å². The van der Waals surface area contributed by atoms with E-state index in [0.717, 1.165) is 0 Å². The molecule has 0 aromatic heterocycles. The van der Waals surface area contributed by atoms with Crippen LogP contribution in [0.5, 0.6) is 0 Å². The predicted molar refractivity (Wildman–Crippen MR) is 43.5 cm³/mol. The fourth-order valence-corrected chi connectivity index (χ4v) is 0.948. The van der Waals surface area contributed by atoms with Gasteiger partial charge in [-0.3, -0.25) is 0 Å². The van der Waals surface area contributed by atoms with E-state index in [1.54, 1.807) is 12.1 Å². The van der Waals surface area contributed by atoms with E-state index in [4.69, 9.17) is 5.73 Å². The number of benzene rings is 1. The molecule has 10 heavy (non-hydrogen) atoms. The lowest BCUT2D eigenvalue weighted by atomic mass is 10.2. The van der Waals surface area contributed by atoms with E-state index in [-0.39, 0.29) is 5.82 Å². The highest BCUT2D eigenvalue weighted by atomic mass is 32.1. The maximum Gasteiger partial charge on any atom is 0.129 e. The van der Waals surface area contributed by atoms with Crippen molar-refractivity contribution in [2.24, 2.45) is 0 Å². The minimum absolute atomic E-state index is 0.282. The Kier molecular flexibility index (Phi) is 2.17. The molecule has 0 atom stereocenters. The van der Waals surface area contributed by atoms with E-state index in [9.17, 15) is 4.39 Å². The molecule has 3 heteroatoms. The number of hydrogen-bond donors (Lipinski definition) is 2. The number of nitrogen functional groups attached to an aromatic ring is 1. The van der Waals surface area contributed by atoms with E-state index in [1.807, 2.05) is 0 Å². The van der Waals surface area contributed by atoms with Crippen molar-refractivity contribution in [3.63, 3.8) is 0 Å². The summed E-state index contributed by atoms with van der Waals surface area (Å²) in [5.74, 6) is 0.126. The van der Waals surface area contributed by atoms with Gasteiger partial charge in [0.25, 0.3) is 0 Å². The van der Waals surface area contributed by atoms with Crippen molar-refractivity contribution in [1.82, 2.24) is 0 Å². The molecule has 0 aliphatic carbocycles. The van der Waals surface area contributed by atoms with Crippen LogP contribution < -0.4 is 5.73 Å². The third-order valence-electron chi connectivity index (χ3n) is 1.25. The van der Waals surface area contributed by atoms with Crippen LogP contribution in [0.15, 0.2) is 18.2 Å². The fraction of sp³-hybridized carbons (Fsp3) is 0.143. The van der Waals surface area contributed by atoms with Crippen LogP contribution in [-0.2, 0) is 5.75 Å². The van der Waals surface area contributed by atoms with Crippen LogP contribution in [0.4, 0.5) is 10.1 Å². The average molecular weight is 157 g/mol. The minimum atomic E-state index is -0.282. The molecule has 2 N–H and O–H groups in total. The SMILES string of the molecule is Nc1ccc(CS)c(F)c1. The number of rotatable bonds is 1. The van der Waals surface area contributed by atoms with Crippen LogP contribution in [0.1, 0.15) is 5.56 Å². The zero-order chi connectivity index (χ0) is 7.56. The molecular formula is C7H8FNS. The van der Waals surface area contributed by atoms with Gasteiger partial charge < -0.3 is 5.73 Å². The van der Waals surface area contributed by atoms with Crippen molar-refractivity contribution in [2.75, 3.05) is 5.73 Å². The highest BCUT2D eigenvalue weighted by molar-refractivity contribution is 7.79. The highest BCUT2D eigenvalue weighted by Gasteiger charge is 1.98. The smallest absolute Gasteiger partial charge is 0.129 e. The Labute approximate surface area is 64.5 Å². The van der Waals surface area contributed by atoms with Crippen molar-refractivity contribution < 1.29 is 4.39 Å². The quantitative estimate of drug-likeness (QED) is 0.472. The number of halogens is 1. The van der Waals surface area contributed by atoms with Gasteiger partial charge in [0.2, 0.25) is 0 Å². The van der Waals surface area contributed by atoms with E-state index >= 15 is 0 Å². The van der Waals surface area contributed by atoms with Crippen LogP contribution in [0, 0.1) is 5.82 Å². The Balaban J connectivity index is 3.07. The van der Waals surface area contributed by atoms with Crippen LogP contribution in [0.3, 0.4) is 0 Å². The number of anilines is 1. The first kappa shape index (κ1) is 7.41. The Morgan fingerprint density at radius 3 is 2.70 bits per heavy atom.